The fourth-order valence-corrected chi connectivity index (χ4v) is 2.51. The fraction of sp³-hybridized carbons (Fsp3) is 0.105. The third kappa shape index (κ3) is 3.01. The number of ether oxygens (including phenoxy) is 1. The summed E-state index contributed by atoms with van der Waals surface area (Å²) in [5, 5.41) is 4.32. The Labute approximate surface area is 133 Å². The summed E-state index contributed by atoms with van der Waals surface area (Å²) in [5.41, 5.74) is 0.557. The summed E-state index contributed by atoms with van der Waals surface area (Å²) < 4.78 is 19.4. The first-order chi connectivity index (χ1) is 11.2. The molecule has 0 unspecified atom stereocenters. The van der Waals surface area contributed by atoms with Gasteiger partial charge in [0.15, 0.2) is 0 Å². The van der Waals surface area contributed by atoms with Crippen molar-refractivity contribution >= 4 is 22.4 Å². The fourth-order valence-electron chi connectivity index (χ4n) is 2.51. The lowest BCUT2D eigenvalue weighted by molar-refractivity contribution is 0.102. The molecule has 4 heteroatoms. The zero-order valence-electron chi connectivity index (χ0n) is 12.7. The highest BCUT2D eigenvalue weighted by atomic mass is 19.1. The molecular formula is C19H16FNO2. The summed E-state index contributed by atoms with van der Waals surface area (Å²) in [5.74, 6) is -0.380. The van der Waals surface area contributed by atoms with Crippen LogP contribution in [0.3, 0.4) is 0 Å². The zero-order chi connectivity index (χ0) is 16.2. The minimum Gasteiger partial charge on any atom is -0.493 e. The first-order valence-electron chi connectivity index (χ1n) is 7.41. The van der Waals surface area contributed by atoms with Crippen molar-refractivity contribution in [2.24, 2.45) is 0 Å². The molecule has 3 nitrogen and oxygen atoms in total. The highest BCUT2D eigenvalue weighted by Gasteiger charge is 2.17. The number of benzene rings is 3. The van der Waals surface area contributed by atoms with Crippen LogP contribution in [0.1, 0.15) is 17.3 Å². The summed E-state index contributed by atoms with van der Waals surface area (Å²) >= 11 is 0. The Morgan fingerprint density at radius 1 is 1.04 bits per heavy atom. The van der Waals surface area contributed by atoms with Crippen LogP contribution < -0.4 is 10.1 Å². The number of hydrogen-bond donors (Lipinski definition) is 1. The number of hydrogen-bond acceptors (Lipinski definition) is 2. The third-order valence-electron chi connectivity index (χ3n) is 3.54. The molecule has 3 rings (SSSR count). The van der Waals surface area contributed by atoms with Crippen LogP contribution in [0.4, 0.5) is 10.1 Å². The van der Waals surface area contributed by atoms with Crippen molar-refractivity contribution in [3.8, 4) is 5.75 Å². The van der Waals surface area contributed by atoms with Crippen LogP contribution in [0.15, 0.2) is 60.7 Å². The number of fused-ring (bicyclic) bond motifs is 1. The number of halogens is 1. The van der Waals surface area contributed by atoms with Gasteiger partial charge in [-0.3, -0.25) is 4.79 Å². The molecule has 116 valence electrons. The predicted octanol–water partition coefficient (Wildman–Crippen LogP) is 4.63. The molecule has 1 amide bonds. The summed E-state index contributed by atoms with van der Waals surface area (Å²) in [6.07, 6.45) is 0. The summed E-state index contributed by atoms with van der Waals surface area (Å²) in [6.45, 7) is 2.30. The lowest BCUT2D eigenvalue weighted by Gasteiger charge is -2.14. The normalized spacial score (nSPS) is 10.5. The van der Waals surface area contributed by atoms with E-state index in [1.165, 1.54) is 12.1 Å². The second kappa shape index (κ2) is 6.48. The largest absolute Gasteiger partial charge is 0.493 e. The van der Waals surface area contributed by atoms with E-state index in [1.54, 1.807) is 18.2 Å². The molecule has 0 aliphatic rings. The predicted molar refractivity (Wildman–Crippen MR) is 89.5 cm³/mol. The molecule has 0 bridgehead atoms. The summed E-state index contributed by atoms with van der Waals surface area (Å²) in [6, 6.07) is 17.3. The van der Waals surface area contributed by atoms with Gasteiger partial charge in [-0.15, -0.1) is 0 Å². The molecule has 0 fully saturated rings. The number of carbonyl (C=O) groups excluding carboxylic acids is 1. The maximum Gasteiger partial charge on any atom is 0.260 e. The molecule has 0 heterocycles. The Morgan fingerprint density at radius 3 is 2.57 bits per heavy atom. The van der Waals surface area contributed by atoms with Gasteiger partial charge in [0.2, 0.25) is 0 Å². The van der Waals surface area contributed by atoms with Crippen molar-refractivity contribution in [3.05, 3.63) is 72.0 Å². The van der Waals surface area contributed by atoms with Crippen molar-refractivity contribution in [3.63, 3.8) is 0 Å². The molecule has 0 aliphatic carbocycles. The molecule has 3 aromatic carbocycles. The number of rotatable bonds is 4. The molecule has 23 heavy (non-hydrogen) atoms. The van der Waals surface area contributed by atoms with Crippen molar-refractivity contribution < 1.29 is 13.9 Å². The first kappa shape index (κ1) is 15.0. The molecular weight excluding hydrogens is 293 g/mol. The molecule has 0 saturated carbocycles. The van der Waals surface area contributed by atoms with Gasteiger partial charge in [0.05, 0.1) is 17.9 Å². The van der Waals surface area contributed by atoms with E-state index in [4.69, 9.17) is 4.74 Å². The Kier molecular flexibility index (Phi) is 4.24. The van der Waals surface area contributed by atoms with E-state index in [0.717, 1.165) is 10.8 Å². The summed E-state index contributed by atoms with van der Waals surface area (Å²) in [4.78, 5) is 12.7. The van der Waals surface area contributed by atoms with Crippen LogP contribution in [-0.4, -0.2) is 12.5 Å². The molecule has 1 N–H and O–H groups in total. The van der Waals surface area contributed by atoms with E-state index in [9.17, 15) is 9.18 Å². The number of nitrogens with one attached hydrogen (secondary N) is 1. The third-order valence-corrected chi connectivity index (χ3v) is 3.54. The summed E-state index contributed by atoms with van der Waals surface area (Å²) in [7, 11) is 0. The Morgan fingerprint density at radius 2 is 1.78 bits per heavy atom. The Bertz CT molecular complexity index is 861. The van der Waals surface area contributed by atoms with Crippen LogP contribution in [0.25, 0.3) is 10.8 Å². The smallest absolute Gasteiger partial charge is 0.260 e. The van der Waals surface area contributed by atoms with E-state index in [0.29, 0.717) is 17.9 Å². The van der Waals surface area contributed by atoms with E-state index >= 15 is 0 Å². The molecule has 0 aromatic heterocycles. The monoisotopic (exact) mass is 309 g/mol. The van der Waals surface area contributed by atoms with Gasteiger partial charge in [-0.25, -0.2) is 4.39 Å². The highest BCUT2D eigenvalue weighted by Crippen LogP contribution is 2.29. The Balaban J connectivity index is 2.08. The van der Waals surface area contributed by atoms with Gasteiger partial charge in [-0.2, -0.15) is 0 Å². The lowest BCUT2D eigenvalue weighted by Crippen LogP contribution is -2.15. The van der Waals surface area contributed by atoms with Crippen molar-refractivity contribution in [1.82, 2.24) is 0 Å². The minimum atomic E-state index is -0.473. The molecule has 0 radical (unpaired) electrons. The average molecular weight is 309 g/mol. The van der Waals surface area contributed by atoms with Crippen LogP contribution in [0.2, 0.25) is 0 Å². The topological polar surface area (TPSA) is 38.3 Å². The van der Waals surface area contributed by atoms with Crippen LogP contribution >= 0.6 is 0 Å². The SMILES string of the molecule is CCOc1ccc2ccccc2c1C(=O)Nc1ccccc1F. The second-order valence-corrected chi connectivity index (χ2v) is 5.03. The van der Waals surface area contributed by atoms with Crippen LogP contribution in [0, 0.1) is 5.82 Å². The van der Waals surface area contributed by atoms with Crippen molar-refractivity contribution in [1.29, 1.82) is 0 Å². The molecule has 3 aromatic rings. The second-order valence-electron chi connectivity index (χ2n) is 5.03. The minimum absolute atomic E-state index is 0.146. The number of anilines is 1. The molecule has 0 aliphatic heterocycles. The number of para-hydroxylation sites is 1. The number of amides is 1. The van der Waals surface area contributed by atoms with Gasteiger partial charge in [0, 0.05) is 0 Å². The standard InChI is InChI=1S/C19H16FNO2/c1-2-23-17-12-11-13-7-3-4-8-14(13)18(17)19(22)21-16-10-6-5-9-15(16)20/h3-12H,2H2,1H3,(H,21,22). The lowest BCUT2D eigenvalue weighted by atomic mass is 10.0. The van der Waals surface area contributed by atoms with Crippen LogP contribution in [0.5, 0.6) is 5.75 Å². The van der Waals surface area contributed by atoms with E-state index in [-0.39, 0.29) is 5.69 Å². The van der Waals surface area contributed by atoms with Gasteiger partial charge in [0.1, 0.15) is 11.6 Å². The maximum atomic E-state index is 13.8. The van der Waals surface area contributed by atoms with E-state index < -0.39 is 11.7 Å². The average Bonchev–Trinajstić information content (AvgIpc) is 2.57. The quantitative estimate of drug-likeness (QED) is 0.763. The van der Waals surface area contributed by atoms with Gasteiger partial charge in [-0.05, 0) is 35.9 Å². The van der Waals surface area contributed by atoms with Gasteiger partial charge < -0.3 is 10.1 Å². The molecule has 0 spiro atoms. The molecule has 0 atom stereocenters. The van der Waals surface area contributed by atoms with Gasteiger partial charge >= 0.3 is 0 Å². The molecule has 0 saturated heterocycles. The maximum absolute atomic E-state index is 13.8. The highest BCUT2D eigenvalue weighted by molar-refractivity contribution is 6.15. The van der Waals surface area contributed by atoms with E-state index in [1.807, 2.05) is 37.3 Å². The first-order valence-corrected chi connectivity index (χ1v) is 7.41. The van der Waals surface area contributed by atoms with Crippen molar-refractivity contribution in [2.45, 2.75) is 6.92 Å². The van der Waals surface area contributed by atoms with Crippen molar-refractivity contribution in [2.75, 3.05) is 11.9 Å². The van der Waals surface area contributed by atoms with Crippen LogP contribution in [-0.2, 0) is 0 Å². The van der Waals surface area contributed by atoms with Gasteiger partial charge in [0.25, 0.3) is 5.91 Å². The number of carbonyl (C=O) groups is 1. The van der Waals surface area contributed by atoms with E-state index in [2.05, 4.69) is 5.32 Å². The Hall–Kier alpha value is -2.88. The zero-order valence-corrected chi connectivity index (χ0v) is 12.7. The van der Waals surface area contributed by atoms with Gasteiger partial charge in [-0.1, -0.05) is 42.5 Å².